The summed E-state index contributed by atoms with van der Waals surface area (Å²) in [6.45, 7) is 6.85. The Hall–Kier alpha value is -3.31. The summed E-state index contributed by atoms with van der Waals surface area (Å²) in [6.07, 6.45) is 12.3. The number of unbranched alkanes of at least 4 members (excludes halogenated alkanes) is 8. The van der Waals surface area contributed by atoms with Crippen LogP contribution in [0.15, 0.2) is 72.8 Å². The minimum absolute atomic E-state index is 0.0404. The third-order valence-corrected chi connectivity index (χ3v) is 8.05. The number of rotatable bonds is 18. The van der Waals surface area contributed by atoms with Gasteiger partial charge in [-0.1, -0.05) is 103 Å². The first-order valence-corrected chi connectivity index (χ1v) is 15.9. The van der Waals surface area contributed by atoms with E-state index in [-0.39, 0.29) is 5.92 Å². The van der Waals surface area contributed by atoms with Gasteiger partial charge in [-0.3, -0.25) is 4.79 Å². The standard InChI is InChI=1S/C36H45ClO5/c1-4-6-7-8-9-10-11-12-13-26-40-31-20-18-30(19-21-31)35(38)41-32-22-14-28(15-23-32)29-16-24-33(25-17-29)42-36(39)34(37)27(3)5-2/h14-25,27,34H,4-13,26H2,1-3H3. The fraction of sp³-hybridized carbons (Fsp3) is 0.444. The zero-order chi connectivity index (χ0) is 30.2. The first-order valence-electron chi connectivity index (χ1n) is 15.4. The van der Waals surface area contributed by atoms with E-state index >= 15 is 0 Å². The zero-order valence-corrected chi connectivity index (χ0v) is 26.0. The molecule has 0 amide bonds. The molecule has 5 nitrogen and oxygen atoms in total. The van der Waals surface area contributed by atoms with Crippen LogP contribution in [0.4, 0.5) is 0 Å². The smallest absolute Gasteiger partial charge is 0.343 e. The van der Waals surface area contributed by atoms with Gasteiger partial charge in [0.15, 0.2) is 0 Å². The lowest BCUT2D eigenvalue weighted by atomic mass is 10.0. The minimum atomic E-state index is -0.675. The van der Waals surface area contributed by atoms with Gasteiger partial charge in [-0.15, -0.1) is 11.6 Å². The highest BCUT2D eigenvalue weighted by Gasteiger charge is 2.23. The molecule has 6 heteroatoms. The second-order valence-electron chi connectivity index (χ2n) is 10.8. The normalized spacial score (nSPS) is 12.4. The second kappa shape index (κ2) is 18.3. The molecule has 0 heterocycles. The lowest BCUT2D eigenvalue weighted by Gasteiger charge is -2.15. The summed E-state index contributed by atoms with van der Waals surface area (Å²) in [5.74, 6) is 0.838. The Morgan fingerprint density at radius 1 is 0.643 bits per heavy atom. The molecule has 2 atom stereocenters. The van der Waals surface area contributed by atoms with Crippen LogP contribution in [0.1, 0.15) is 95.3 Å². The van der Waals surface area contributed by atoms with E-state index in [0.29, 0.717) is 23.7 Å². The van der Waals surface area contributed by atoms with E-state index in [1.54, 1.807) is 36.4 Å². The van der Waals surface area contributed by atoms with Gasteiger partial charge in [0.05, 0.1) is 12.2 Å². The Labute approximate surface area is 256 Å². The first kappa shape index (κ1) is 33.2. The summed E-state index contributed by atoms with van der Waals surface area (Å²) in [4.78, 5) is 24.9. The largest absolute Gasteiger partial charge is 0.494 e. The highest BCUT2D eigenvalue weighted by atomic mass is 35.5. The number of carbonyl (C=O) groups excluding carboxylic acids is 2. The van der Waals surface area contributed by atoms with E-state index in [4.69, 9.17) is 25.8 Å². The molecular weight excluding hydrogens is 548 g/mol. The van der Waals surface area contributed by atoms with Crippen LogP contribution in [0, 0.1) is 5.92 Å². The molecule has 0 aliphatic carbocycles. The van der Waals surface area contributed by atoms with E-state index in [1.165, 1.54) is 51.4 Å². The van der Waals surface area contributed by atoms with Crippen molar-refractivity contribution in [2.45, 2.75) is 90.4 Å². The Bertz CT molecular complexity index is 1210. The fourth-order valence-corrected chi connectivity index (χ4v) is 4.72. The van der Waals surface area contributed by atoms with Crippen LogP contribution in [-0.2, 0) is 4.79 Å². The van der Waals surface area contributed by atoms with Crippen LogP contribution < -0.4 is 14.2 Å². The number of hydrogen-bond donors (Lipinski definition) is 0. The maximum atomic E-state index is 12.6. The molecule has 0 saturated carbocycles. The SMILES string of the molecule is CCCCCCCCCCCOc1ccc(C(=O)Oc2ccc(-c3ccc(OC(=O)C(Cl)C(C)CC)cc3)cc2)cc1. The summed E-state index contributed by atoms with van der Waals surface area (Å²) in [7, 11) is 0. The molecule has 0 bridgehead atoms. The number of alkyl halides is 1. The topological polar surface area (TPSA) is 61.8 Å². The lowest BCUT2D eigenvalue weighted by molar-refractivity contribution is -0.134. The molecule has 0 radical (unpaired) electrons. The Balaban J connectivity index is 1.40. The maximum absolute atomic E-state index is 12.6. The molecule has 0 fully saturated rings. The highest BCUT2D eigenvalue weighted by Crippen LogP contribution is 2.26. The fourth-order valence-electron chi connectivity index (χ4n) is 4.50. The van der Waals surface area contributed by atoms with E-state index in [0.717, 1.165) is 29.7 Å². The minimum Gasteiger partial charge on any atom is -0.494 e. The number of halogens is 1. The van der Waals surface area contributed by atoms with Crippen LogP contribution in [0.25, 0.3) is 11.1 Å². The quantitative estimate of drug-likeness (QED) is 0.0636. The Kier molecular flexibility index (Phi) is 14.4. The summed E-state index contributed by atoms with van der Waals surface area (Å²) < 4.78 is 16.8. The number of carbonyl (C=O) groups is 2. The van der Waals surface area contributed by atoms with E-state index in [1.807, 2.05) is 50.2 Å². The molecular formula is C36H45ClO5. The number of ether oxygens (including phenoxy) is 3. The van der Waals surface area contributed by atoms with Crippen molar-refractivity contribution in [2.24, 2.45) is 5.92 Å². The van der Waals surface area contributed by atoms with E-state index in [2.05, 4.69) is 6.92 Å². The van der Waals surface area contributed by atoms with Gasteiger partial charge in [-0.25, -0.2) is 4.79 Å². The highest BCUT2D eigenvalue weighted by molar-refractivity contribution is 6.30. The molecule has 0 aromatic heterocycles. The molecule has 0 N–H and O–H groups in total. The summed E-state index contributed by atoms with van der Waals surface area (Å²) >= 11 is 6.19. The molecule has 0 aliphatic heterocycles. The average Bonchev–Trinajstić information content (AvgIpc) is 3.02. The van der Waals surface area contributed by atoms with Crippen molar-refractivity contribution < 1.29 is 23.8 Å². The molecule has 2 unspecified atom stereocenters. The molecule has 42 heavy (non-hydrogen) atoms. The van der Waals surface area contributed by atoms with E-state index < -0.39 is 17.3 Å². The third-order valence-electron chi connectivity index (χ3n) is 7.45. The second-order valence-corrected chi connectivity index (χ2v) is 11.3. The predicted octanol–water partition coefficient (Wildman–Crippen LogP) is 10.0. The summed E-state index contributed by atoms with van der Waals surface area (Å²) in [5.41, 5.74) is 2.35. The van der Waals surface area contributed by atoms with Crippen LogP contribution >= 0.6 is 11.6 Å². The number of esters is 2. The molecule has 3 aromatic rings. The maximum Gasteiger partial charge on any atom is 0.343 e. The average molecular weight is 593 g/mol. The number of benzene rings is 3. The van der Waals surface area contributed by atoms with Gasteiger partial charge in [0.1, 0.15) is 22.6 Å². The molecule has 0 spiro atoms. The Morgan fingerprint density at radius 2 is 1.12 bits per heavy atom. The van der Waals surface area contributed by atoms with Gasteiger partial charge in [-0.2, -0.15) is 0 Å². The lowest BCUT2D eigenvalue weighted by Crippen LogP contribution is -2.26. The van der Waals surface area contributed by atoms with Crippen molar-refractivity contribution >= 4 is 23.5 Å². The van der Waals surface area contributed by atoms with Gasteiger partial charge < -0.3 is 14.2 Å². The van der Waals surface area contributed by atoms with Crippen molar-refractivity contribution in [3.63, 3.8) is 0 Å². The predicted molar refractivity (Wildman–Crippen MR) is 171 cm³/mol. The van der Waals surface area contributed by atoms with E-state index in [9.17, 15) is 9.59 Å². The van der Waals surface area contributed by atoms with Crippen molar-refractivity contribution in [3.8, 4) is 28.4 Å². The van der Waals surface area contributed by atoms with Crippen LogP contribution in [-0.4, -0.2) is 23.9 Å². The summed E-state index contributed by atoms with van der Waals surface area (Å²) in [5, 5.41) is -0.675. The molecule has 0 saturated heterocycles. The Morgan fingerprint density at radius 3 is 1.64 bits per heavy atom. The molecule has 226 valence electrons. The summed E-state index contributed by atoms with van der Waals surface area (Å²) in [6, 6.07) is 21.6. The van der Waals surface area contributed by atoms with Crippen molar-refractivity contribution in [3.05, 3.63) is 78.4 Å². The first-order chi connectivity index (χ1) is 20.4. The van der Waals surface area contributed by atoms with Crippen molar-refractivity contribution in [2.75, 3.05) is 6.61 Å². The van der Waals surface area contributed by atoms with Gasteiger partial charge >= 0.3 is 11.9 Å². The van der Waals surface area contributed by atoms with Crippen LogP contribution in [0.3, 0.4) is 0 Å². The molecule has 3 aromatic carbocycles. The molecule has 3 rings (SSSR count). The van der Waals surface area contributed by atoms with Gasteiger partial charge in [0, 0.05) is 0 Å². The van der Waals surface area contributed by atoms with Crippen LogP contribution in [0.2, 0.25) is 0 Å². The van der Waals surface area contributed by atoms with Crippen molar-refractivity contribution in [1.82, 2.24) is 0 Å². The third kappa shape index (κ3) is 11.2. The zero-order valence-electron chi connectivity index (χ0n) is 25.3. The van der Waals surface area contributed by atoms with Crippen LogP contribution in [0.5, 0.6) is 17.2 Å². The monoisotopic (exact) mass is 592 g/mol. The van der Waals surface area contributed by atoms with Gasteiger partial charge in [-0.05, 0) is 72.0 Å². The van der Waals surface area contributed by atoms with Crippen molar-refractivity contribution in [1.29, 1.82) is 0 Å². The molecule has 0 aliphatic rings. The number of hydrogen-bond acceptors (Lipinski definition) is 5. The van der Waals surface area contributed by atoms with Gasteiger partial charge in [0.25, 0.3) is 0 Å². The van der Waals surface area contributed by atoms with Gasteiger partial charge in [0.2, 0.25) is 0 Å².